The molecule has 1 saturated heterocycles. The summed E-state index contributed by atoms with van der Waals surface area (Å²) < 4.78 is 5.23. The smallest absolute Gasteiger partial charge is 0.308 e. The topological polar surface area (TPSA) is 117 Å². The Hall–Kier alpha value is -2.94. The molecule has 0 spiro atoms. The maximum atomic E-state index is 13.1. The molecule has 0 radical (unpaired) electrons. The number of anilines is 1. The summed E-state index contributed by atoms with van der Waals surface area (Å²) in [6.45, 7) is 13.7. The number of amides is 3. The molecular weight excluding hydrogens is 460 g/mol. The first-order chi connectivity index (χ1) is 16.9. The molecule has 2 rings (SSSR count). The Labute approximate surface area is 214 Å². The van der Waals surface area contributed by atoms with Gasteiger partial charge in [-0.25, -0.2) is 0 Å². The number of carbonyl (C=O) groups excluding carboxylic acids is 4. The third-order valence-electron chi connectivity index (χ3n) is 6.11. The van der Waals surface area contributed by atoms with Crippen LogP contribution in [0.15, 0.2) is 24.3 Å². The first-order valence-electron chi connectivity index (χ1n) is 12.8. The summed E-state index contributed by atoms with van der Waals surface area (Å²) in [7, 11) is 0. The van der Waals surface area contributed by atoms with Crippen LogP contribution in [-0.4, -0.2) is 59.3 Å². The van der Waals surface area contributed by atoms with Crippen molar-refractivity contribution in [2.45, 2.75) is 92.1 Å². The number of benzene rings is 1. The van der Waals surface area contributed by atoms with E-state index in [0.29, 0.717) is 18.7 Å². The maximum Gasteiger partial charge on any atom is 0.308 e. The lowest BCUT2D eigenvalue weighted by Crippen LogP contribution is -2.56. The summed E-state index contributed by atoms with van der Waals surface area (Å²) in [6, 6.07) is 5.44. The number of hydrogen-bond acceptors (Lipinski definition) is 6. The lowest BCUT2D eigenvalue weighted by molar-refractivity contribution is -0.148. The lowest BCUT2D eigenvalue weighted by Gasteiger charge is -2.30. The lowest BCUT2D eigenvalue weighted by atomic mass is 10.0. The Kier molecular flexibility index (Phi) is 10.9. The quantitative estimate of drug-likeness (QED) is 0.401. The number of esters is 1. The van der Waals surface area contributed by atoms with Gasteiger partial charge in [0.1, 0.15) is 18.7 Å². The largest absolute Gasteiger partial charge is 0.461 e. The van der Waals surface area contributed by atoms with Crippen molar-refractivity contribution in [3.05, 3.63) is 29.8 Å². The van der Waals surface area contributed by atoms with Crippen molar-refractivity contribution in [1.82, 2.24) is 15.5 Å². The number of rotatable bonds is 11. The van der Waals surface area contributed by atoms with Gasteiger partial charge in [0.2, 0.25) is 17.7 Å². The van der Waals surface area contributed by atoms with Gasteiger partial charge >= 0.3 is 5.97 Å². The molecule has 1 heterocycles. The van der Waals surface area contributed by atoms with Crippen LogP contribution in [-0.2, 0) is 30.5 Å². The van der Waals surface area contributed by atoms with Crippen LogP contribution in [0.2, 0.25) is 0 Å². The molecule has 200 valence electrons. The highest BCUT2D eigenvalue weighted by molar-refractivity contribution is 5.99. The third-order valence-corrected chi connectivity index (χ3v) is 6.11. The van der Waals surface area contributed by atoms with Crippen LogP contribution >= 0.6 is 0 Å². The molecule has 1 fully saturated rings. The molecule has 1 aromatic carbocycles. The summed E-state index contributed by atoms with van der Waals surface area (Å²) in [4.78, 5) is 52.4. The van der Waals surface area contributed by atoms with Gasteiger partial charge in [0.05, 0.1) is 12.0 Å². The van der Waals surface area contributed by atoms with Crippen molar-refractivity contribution < 1.29 is 23.9 Å². The molecule has 3 atom stereocenters. The molecule has 0 saturated carbocycles. The molecule has 9 heteroatoms. The highest BCUT2D eigenvalue weighted by Gasteiger charge is 2.37. The monoisotopic (exact) mass is 502 g/mol. The zero-order valence-electron chi connectivity index (χ0n) is 22.6. The second kappa shape index (κ2) is 13.4. The number of hydrogen-bond donors (Lipinski definition) is 3. The van der Waals surface area contributed by atoms with Crippen molar-refractivity contribution in [1.29, 1.82) is 0 Å². The van der Waals surface area contributed by atoms with Gasteiger partial charge in [0.25, 0.3) is 0 Å². The van der Waals surface area contributed by atoms with Crippen LogP contribution in [0.5, 0.6) is 0 Å². The molecule has 1 aromatic rings. The summed E-state index contributed by atoms with van der Waals surface area (Å²) in [6.07, 6.45) is 1.32. The normalized spacial score (nSPS) is 17.3. The minimum absolute atomic E-state index is 0.105. The van der Waals surface area contributed by atoms with Gasteiger partial charge in [-0.05, 0) is 43.4 Å². The van der Waals surface area contributed by atoms with Crippen molar-refractivity contribution >= 4 is 29.4 Å². The summed E-state index contributed by atoms with van der Waals surface area (Å²) in [5, 5.41) is 8.92. The number of nitrogens with one attached hydrogen (secondary N) is 3. The molecule has 1 aliphatic rings. The standard InChI is InChI=1S/C27H42N4O5/c1-16(2)23(25(33)29-21-12-10-20(11-13-21)15-36-27(35)17(3)4)30-24(32)22-9-8-14-31(22)26(34)19(7)28-18(5)6/h10-13,16-19,22-23,28H,8-9,14-15H2,1-7H3,(H,29,33)(H,30,32)/t19-,22+,23+/m1/s1. The fraction of sp³-hybridized carbons (Fsp3) is 0.630. The second-order valence-corrected chi connectivity index (χ2v) is 10.4. The van der Waals surface area contributed by atoms with E-state index in [-0.39, 0.29) is 54.2 Å². The van der Waals surface area contributed by atoms with E-state index >= 15 is 0 Å². The van der Waals surface area contributed by atoms with Crippen LogP contribution in [0.4, 0.5) is 5.69 Å². The Balaban J connectivity index is 1.99. The average molecular weight is 503 g/mol. The van der Waals surface area contributed by atoms with Gasteiger partial charge in [-0.2, -0.15) is 0 Å². The van der Waals surface area contributed by atoms with E-state index in [4.69, 9.17) is 4.74 Å². The van der Waals surface area contributed by atoms with Gasteiger partial charge in [-0.15, -0.1) is 0 Å². The minimum Gasteiger partial charge on any atom is -0.461 e. The predicted molar refractivity (Wildman–Crippen MR) is 139 cm³/mol. The van der Waals surface area contributed by atoms with Crippen molar-refractivity contribution in [3.63, 3.8) is 0 Å². The first kappa shape index (κ1) is 29.3. The molecule has 36 heavy (non-hydrogen) atoms. The molecule has 0 unspecified atom stereocenters. The SMILES string of the molecule is CC(C)N[C@H](C)C(=O)N1CCC[C@H]1C(=O)N[C@H](C(=O)Nc1ccc(COC(=O)C(C)C)cc1)C(C)C. The van der Waals surface area contributed by atoms with Crippen molar-refractivity contribution in [3.8, 4) is 0 Å². The highest BCUT2D eigenvalue weighted by Crippen LogP contribution is 2.20. The Morgan fingerprint density at radius 3 is 2.19 bits per heavy atom. The van der Waals surface area contributed by atoms with E-state index in [1.165, 1.54) is 0 Å². The molecule has 1 aliphatic heterocycles. The molecule has 0 aromatic heterocycles. The van der Waals surface area contributed by atoms with Gasteiger partial charge in [0, 0.05) is 18.3 Å². The number of carbonyl (C=O) groups is 4. The number of nitrogens with zero attached hydrogens (tertiary/aromatic N) is 1. The van der Waals surface area contributed by atoms with E-state index in [2.05, 4.69) is 16.0 Å². The molecule has 0 bridgehead atoms. The maximum absolute atomic E-state index is 13.1. The molecular formula is C27H42N4O5. The Bertz CT molecular complexity index is 913. The fourth-order valence-electron chi connectivity index (χ4n) is 4.13. The van der Waals surface area contributed by atoms with Crippen LogP contribution in [0.25, 0.3) is 0 Å². The Morgan fingerprint density at radius 2 is 1.64 bits per heavy atom. The molecule has 3 amide bonds. The van der Waals surface area contributed by atoms with E-state index in [1.54, 1.807) is 49.9 Å². The summed E-state index contributed by atoms with van der Waals surface area (Å²) >= 11 is 0. The van der Waals surface area contributed by atoms with E-state index in [0.717, 1.165) is 12.0 Å². The highest BCUT2D eigenvalue weighted by atomic mass is 16.5. The van der Waals surface area contributed by atoms with Gasteiger partial charge < -0.3 is 25.6 Å². The summed E-state index contributed by atoms with van der Waals surface area (Å²) in [5.41, 5.74) is 1.38. The molecule has 0 aliphatic carbocycles. The van der Waals surface area contributed by atoms with Crippen LogP contribution in [0, 0.1) is 11.8 Å². The summed E-state index contributed by atoms with van der Waals surface area (Å²) in [5.74, 6) is -1.36. The minimum atomic E-state index is -0.757. The number of likely N-dealkylation sites (tertiary alicyclic amines) is 1. The zero-order valence-corrected chi connectivity index (χ0v) is 22.6. The van der Waals surface area contributed by atoms with Crippen LogP contribution < -0.4 is 16.0 Å². The van der Waals surface area contributed by atoms with Gasteiger partial charge in [-0.3, -0.25) is 19.2 Å². The molecule has 3 N–H and O–H groups in total. The van der Waals surface area contributed by atoms with Gasteiger partial charge in [0.15, 0.2) is 0 Å². The average Bonchev–Trinajstić information content (AvgIpc) is 3.30. The fourth-order valence-corrected chi connectivity index (χ4v) is 4.13. The van der Waals surface area contributed by atoms with Crippen molar-refractivity contribution in [2.24, 2.45) is 11.8 Å². The second-order valence-electron chi connectivity index (χ2n) is 10.4. The Morgan fingerprint density at radius 1 is 1.00 bits per heavy atom. The van der Waals surface area contributed by atoms with E-state index < -0.39 is 12.1 Å². The van der Waals surface area contributed by atoms with E-state index in [1.807, 2.05) is 27.7 Å². The van der Waals surface area contributed by atoms with Crippen LogP contribution in [0.1, 0.15) is 66.9 Å². The van der Waals surface area contributed by atoms with Crippen LogP contribution in [0.3, 0.4) is 0 Å². The van der Waals surface area contributed by atoms with Gasteiger partial charge in [-0.1, -0.05) is 53.7 Å². The van der Waals surface area contributed by atoms with E-state index in [9.17, 15) is 19.2 Å². The third kappa shape index (κ3) is 8.33. The predicted octanol–water partition coefficient (Wildman–Crippen LogP) is 2.84. The zero-order chi connectivity index (χ0) is 27.0. The van der Waals surface area contributed by atoms with Crippen molar-refractivity contribution in [2.75, 3.05) is 11.9 Å². The number of ether oxygens (including phenoxy) is 1. The molecule has 9 nitrogen and oxygen atoms in total. The first-order valence-corrected chi connectivity index (χ1v) is 12.8.